The first-order chi connectivity index (χ1) is 15.6. The molecule has 0 saturated carbocycles. The van der Waals surface area contributed by atoms with Gasteiger partial charge in [0.2, 0.25) is 0 Å². The molecule has 2 aromatic heterocycles. The molecule has 5 rings (SSSR count). The Morgan fingerprint density at radius 2 is 2.12 bits per heavy atom. The number of aromatic nitrogens is 2. The van der Waals surface area contributed by atoms with Gasteiger partial charge in [-0.3, -0.25) is 0 Å². The van der Waals surface area contributed by atoms with Crippen molar-refractivity contribution in [1.82, 2.24) is 15.3 Å². The van der Waals surface area contributed by atoms with Crippen molar-refractivity contribution in [3.63, 3.8) is 0 Å². The van der Waals surface area contributed by atoms with Gasteiger partial charge in [-0.05, 0) is 55.8 Å². The van der Waals surface area contributed by atoms with Gasteiger partial charge in [0.05, 0.1) is 26.2 Å². The molecule has 8 heteroatoms. The molecule has 0 radical (unpaired) electrons. The van der Waals surface area contributed by atoms with Gasteiger partial charge in [0, 0.05) is 11.8 Å². The summed E-state index contributed by atoms with van der Waals surface area (Å²) in [5.74, 6) is 7.67. The maximum atomic E-state index is 13.4. The van der Waals surface area contributed by atoms with Crippen LogP contribution in [0, 0.1) is 17.7 Å². The molecule has 4 aromatic rings. The molecule has 1 saturated heterocycles. The summed E-state index contributed by atoms with van der Waals surface area (Å²) in [6.45, 7) is 1.03. The molecule has 2 N–H and O–H groups in total. The first-order valence-electron chi connectivity index (χ1n) is 10.1. The number of hydrogen-bond donors (Lipinski definition) is 2. The monoisotopic (exact) mass is 464 g/mol. The lowest BCUT2D eigenvalue weighted by molar-refractivity contribution is 0.477. The first kappa shape index (κ1) is 20.7. The second kappa shape index (κ2) is 9.13. The van der Waals surface area contributed by atoms with Crippen LogP contribution in [0.5, 0.6) is 11.5 Å². The van der Waals surface area contributed by atoms with Crippen LogP contribution >= 0.6 is 22.9 Å². The van der Waals surface area contributed by atoms with E-state index in [4.69, 9.17) is 16.3 Å². The first-order valence-corrected chi connectivity index (χ1v) is 11.3. The van der Waals surface area contributed by atoms with Crippen LogP contribution < -0.4 is 15.4 Å². The molecule has 5 nitrogen and oxygen atoms in total. The molecule has 1 fully saturated rings. The summed E-state index contributed by atoms with van der Waals surface area (Å²) in [5, 5.41) is 7.07. The van der Waals surface area contributed by atoms with Gasteiger partial charge < -0.3 is 15.4 Å². The molecule has 0 aliphatic carbocycles. The average molecular weight is 465 g/mol. The minimum atomic E-state index is -0.371. The number of nitrogens with one attached hydrogen (secondary N) is 2. The standard InChI is InChI=1S/C24H18ClFN4OS/c25-20-12-17(7-9-22(20)31-18-5-1-3-15(26)11-18)30-24-23-21(28-14-29-24)13-19(32-23)8-6-16-4-2-10-27-16/h1,3,5,7,9,11-14,16,27H,2,4,10H2,(H,28,29,30)/t16-/m1/s1. The maximum Gasteiger partial charge on any atom is 0.151 e. The molecule has 32 heavy (non-hydrogen) atoms. The second-order valence-corrected chi connectivity index (χ2v) is 8.75. The summed E-state index contributed by atoms with van der Waals surface area (Å²) in [6, 6.07) is 13.5. The summed E-state index contributed by atoms with van der Waals surface area (Å²) >= 11 is 7.95. The van der Waals surface area contributed by atoms with Gasteiger partial charge in [-0.1, -0.05) is 29.5 Å². The fourth-order valence-electron chi connectivity index (χ4n) is 3.43. The predicted molar refractivity (Wildman–Crippen MR) is 127 cm³/mol. The molecule has 0 spiro atoms. The number of hydrogen-bond acceptors (Lipinski definition) is 6. The van der Waals surface area contributed by atoms with E-state index in [0.29, 0.717) is 22.3 Å². The zero-order chi connectivity index (χ0) is 21.9. The van der Waals surface area contributed by atoms with Crippen LogP contribution in [0.2, 0.25) is 5.02 Å². The normalized spacial score (nSPS) is 15.4. The van der Waals surface area contributed by atoms with Gasteiger partial charge in [0.15, 0.2) is 5.82 Å². The van der Waals surface area contributed by atoms with E-state index in [2.05, 4.69) is 32.4 Å². The number of thiophene rings is 1. The van der Waals surface area contributed by atoms with E-state index < -0.39 is 0 Å². The molecule has 3 heterocycles. The molecule has 160 valence electrons. The van der Waals surface area contributed by atoms with Crippen molar-refractivity contribution in [3.05, 3.63) is 70.6 Å². The molecular formula is C24H18ClFN4OS. The largest absolute Gasteiger partial charge is 0.456 e. The van der Waals surface area contributed by atoms with Gasteiger partial charge in [-0.2, -0.15) is 0 Å². The Labute approximate surface area is 193 Å². The number of halogens is 2. The molecule has 1 aliphatic rings. The predicted octanol–water partition coefficient (Wildman–Crippen LogP) is 6.12. The Hall–Kier alpha value is -3.18. The van der Waals surface area contributed by atoms with Crippen LogP contribution in [0.1, 0.15) is 17.7 Å². The molecular weight excluding hydrogens is 447 g/mol. The highest BCUT2D eigenvalue weighted by molar-refractivity contribution is 7.20. The summed E-state index contributed by atoms with van der Waals surface area (Å²) in [4.78, 5) is 9.72. The molecule has 0 bridgehead atoms. The van der Waals surface area contributed by atoms with E-state index in [1.807, 2.05) is 12.1 Å². The fourth-order valence-corrected chi connectivity index (χ4v) is 4.56. The van der Waals surface area contributed by atoms with E-state index >= 15 is 0 Å². The molecule has 0 amide bonds. The van der Waals surface area contributed by atoms with Crippen molar-refractivity contribution in [2.75, 3.05) is 11.9 Å². The third kappa shape index (κ3) is 4.68. The zero-order valence-corrected chi connectivity index (χ0v) is 18.4. The quantitative estimate of drug-likeness (QED) is 0.356. The van der Waals surface area contributed by atoms with E-state index in [0.717, 1.165) is 33.7 Å². The number of nitrogens with zero attached hydrogens (tertiary/aromatic N) is 2. The van der Waals surface area contributed by atoms with E-state index in [9.17, 15) is 4.39 Å². The van der Waals surface area contributed by atoms with Gasteiger partial charge in [-0.15, -0.1) is 11.3 Å². The number of benzene rings is 2. The lowest BCUT2D eigenvalue weighted by atomic mass is 10.2. The lowest BCUT2D eigenvalue weighted by Crippen LogP contribution is -2.18. The third-order valence-corrected chi connectivity index (χ3v) is 6.30. The van der Waals surface area contributed by atoms with Crippen LogP contribution in [-0.2, 0) is 0 Å². The van der Waals surface area contributed by atoms with Crippen molar-refractivity contribution >= 4 is 44.7 Å². The highest BCUT2D eigenvalue weighted by Gasteiger charge is 2.12. The van der Waals surface area contributed by atoms with E-state index in [1.165, 1.54) is 24.9 Å². The van der Waals surface area contributed by atoms with Crippen LogP contribution in [-0.4, -0.2) is 22.6 Å². The van der Waals surface area contributed by atoms with Crippen LogP contribution in [0.3, 0.4) is 0 Å². The van der Waals surface area contributed by atoms with Crippen molar-refractivity contribution in [1.29, 1.82) is 0 Å². The van der Waals surface area contributed by atoms with Gasteiger partial charge in [-0.25, -0.2) is 14.4 Å². The highest BCUT2D eigenvalue weighted by Crippen LogP contribution is 2.35. The van der Waals surface area contributed by atoms with Gasteiger partial charge >= 0.3 is 0 Å². The number of fused-ring (bicyclic) bond motifs is 1. The lowest BCUT2D eigenvalue weighted by Gasteiger charge is -2.11. The molecule has 1 aliphatic heterocycles. The number of anilines is 2. The average Bonchev–Trinajstić information content (AvgIpc) is 3.44. The summed E-state index contributed by atoms with van der Waals surface area (Å²) < 4.78 is 20.0. The van der Waals surface area contributed by atoms with Crippen molar-refractivity contribution in [3.8, 4) is 23.3 Å². The number of rotatable bonds is 4. The van der Waals surface area contributed by atoms with Crippen molar-refractivity contribution in [2.24, 2.45) is 0 Å². The van der Waals surface area contributed by atoms with E-state index in [1.54, 1.807) is 35.6 Å². The SMILES string of the molecule is Fc1cccc(Oc2ccc(Nc3ncnc4cc(C#C[C@H]5CCCN5)sc34)cc2Cl)c1. The summed E-state index contributed by atoms with van der Waals surface area (Å²) in [6.07, 6.45) is 3.78. The highest BCUT2D eigenvalue weighted by atomic mass is 35.5. The Kier molecular flexibility index (Phi) is 5.91. The van der Waals surface area contributed by atoms with Crippen molar-refractivity contribution in [2.45, 2.75) is 18.9 Å². The van der Waals surface area contributed by atoms with E-state index in [-0.39, 0.29) is 11.9 Å². The van der Waals surface area contributed by atoms with Gasteiger partial charge in [0.1, 0.15) is 23.6 Å². The van der Waals surface area contributed by atoms with Crippen LogP contribution in [0.4, 0.5) is 15.9 Å². The van der Waals surface area contributed by atoms with Gasteiger partial charge in [0.25, 0.3) is 0 Å². The van der Waals surface area contributed by atoms with Crippen molar-refractivity contribution < 1.29 is 9.13 Å². The molecule has 2 aromatic carbocycles. The Morgan fingerprint density at radius 3 is 2.94 bits per heavy atom. The molecule has 0 unspecified atom stereocenters. The third-order valence-electron chi connectivity index (χ3n) is 4.96. The van der Waals surface area contributed by atoms with Crippen LogP contribution in [0.15, 0.2) is 54.9 Å². The Balaban J connectivity index is 1.36. The van der Waals surface area contributed by atoms with Crippen LogP contribution in [0.25, 0.3) is 10.2 Å². The Bertz CT molecular complexity index is 1340. The Morgan fingerprint density at radius 1 is 1.19 bits per heavy atom. The maximum absolute atomic E-state index is 13.4. The minimum absolute atomic E-state index is 0.263. The summed E-state index contributed by atoms with van der Waals surface area (Å²) in [5.41, 5.74) is 1.59. The second-order valence-electron chi connectivity index (χ2n) is 7.30. The number of ether oxygens (including phenoxy) is 1. The smallest absolute Gasteiger partial charge is 0.151 e. The topological polar surface area (TPSA) is 59.1 Å². The molecule has 1 atom stereocenters. The zero-order valence-electron chi connectivity index (χ0n) is 16.9. The fraction of sp³-hybridized carbons (Fsp3) is 0.167. The minimum Gasteiger partial charge on any atom is -0.456 e. The summed E-state index contributed by atoms with van der Waals surface area (Å²) in [7, 11) is 0.